The molecule has 4 aliphatic rings. The van der Waals surface area contributed by atoms with Gasteiger partial charge in [-0.15, -0.1) is 0 Å². The molecule has 3 N–H and O–H groups in total. The van der Waals surface area contributed by atoms with Gasteiger partial charge >= 0.3 is 0 Å². The van der Waals surface area contributed by atoms with Crippen LogP contribution in [0.4, 0.5) is 8.78 Å². The minimum Gasteiger partial charge on any atom is -0.508 e. The number of benzene rings is 4. The van der Waals surface area contributed by atoms with Gasteiger partial charge in [0.2, 0.25) is 0 Å². The summed E-state index contributed by atoms with van der Waals surface area (Å²) in [4.78, 5) is 0. The van der Waals surface area contributed by atoms with Crippen LogP contribution in [0.1, 0.15) is 123 Å². The number of halogens is 2. The lowest BCUT2D eigenvalue weighted by Gasteiger charge is -2.29. The van der Waals surface area contributed by atoms with Crippen LogP contribution in [0.15, 0.2) is 84.9 Å². The number of methoxy groups -OCH3 is 2. The van der Waals surface area contributed by atoms with Gasteiger partial charge in [-0.2, -0.15) is 8.42 Å². The van der Waals surface area contributed by atoms with Crippen LogP contribution in [-0.4, -0.2) is 70.6 Å². The summed E-state index contributed by atoms with van der Waals surface area (Å²) < 4.78 is 71.5. The smallest absolute Gasteiger partial charge is 0.264 e. The van der Waals surface area contributed by atoms with Crippen LogP contribution in [0.3, 0.4) is 0 Å². The number of aromatic hydroxyl groups is 1. The predicted molar refractivity (Wildman–Crippen MR) is 241 cm³/mol. The zero-order chi connectivity index (χ0) is 44.9. The molecule has 0 radical (unpaired) electrons. The van der Waals surface area contributed by atoms with Crippen molar-refractivity contribution in [2.75, 3.05) is 46.9 Å². The maximum Gasteiger partial charge on any atom is 0.264 e. The summed E-state index contributed by atoms with van der Waals surface area (Å²) in [5, 5.41) is 28.2. The minimum absolute atomic E-state index is 0.128. The molecule has 0 saturated heterocycles. The SMILES string of the molecule is COc1ccc(F)c(C2CCC(COS(C)(=O)=O)CC2)c1.COc1ccc(F)c(C2CCC(COc3cccc(C(CO)C4CC4)c3)CC2)c1.OCC(c1cccc(O)c1)C1CC1. The molecular weight excluding hydrogens is 827 g/mol. The third kappa shape index (κ3) is 14.6. The number of rotatable bonds is 16. The predicted octanol–water partition coefficient (Wildman–Crippen LogP) is 10.6. The number of hydrogen-bond donors (Lipinski definition) is 3. The molecule has 2 atom stereocenters. The number of aliphatic hydroxyl groups excluding tert-OH is 2. The van der Waals surface area contributed by atoms with Crippen LogP contribution < -0.4 is 14.2 Å². The number of aliphatic hydroxyl groups is 2. The highest BCUT2D eigenvalue weighted by molar-refractivity contribution is 7.85. The zero-order valence-corrected chi connectivity index (χ0v) is 37.8. The summed E-state index contributed by atoms with van der Waals surface area (Å²) in [5.74, 6) is 5.11. The normalized spacial score (nSPS) is 22.0. The Morgan fingerprint density at radius 1 is 0.587 bits per heavy atom. The van der Waals surface area contributed by atoms with Gasteiger partial charge in [-0.05, 0) is 195 Å². The van der Waals surface area contributed by atoms with Crippen molar-refractivity contribution < 1.29 is 50.9 Å². The van der Waals surface area contributed by atoms with Crippen molar-refractivity contribution in [2.24, 2.45) is 23.7 Å². The van der Waals surface area contributed by atoms with Crippen LogP contribution in [0.25, 0.3) is 0 Å². The first kappa shape index (κ1) is 48.2. The lowest BCUT2D eigenvalue weighted by Crippen LogP contribution is -2.20. The van der Waals surface area contributed by atoms with E-state index in [0.717, 1.165) is 80.2 Å². The molecule has 0 aromatic heterocycles. The quantitative estimate of drug-likeness (QED) is 0.0941. The molecule has 4 aromatic carbocycles. The molecule has 4 fully saturated rings. The van der Waals surface area contributed by atoms with E-state index in [1.54, 1.807) is 44.6 Å². The number of ether oxygens (including phenoxy) is 3. The van der Waals surface area contributed by atoms with E-state index in [-0.39, 0.29) is 66.8 Å². The molecule has 8 rings (SSSR count). The lowest BCUT2D eigenvalue weighted by molar-refractivity contribution is 0.198. The van der Waals surface area contributed by atoms with Crippen molar-refractivity contribution in [1.82, 2.24) is 0 Å². The molecule has 0 spiro atoms. The first-order valence-corrected chi connectivity index (χ1v) is 24.4. The van der Waals surface area contributed by atoms with Gasteiger partial charge in [0.05, 0.1) is 46.9 Å². The van der Waals surface area contributed by atoms with Crippen molar-refractivity contribution in [3.8, 4) is 23.0 Å². The highest BCUT2D eigenvalue weighted by Crippen LogP contribution is 2.44. The Hall–Kier alpha value is -4.23. The van der Waals surface area contributed by atoms with Crippen molar-refractivity contribution in [2.45, 2.75) is 101 Å². The van der Waals surface area contributed by atoms with Crippen LogP contribution in [0.2, 0.25) is 0 Å². The monoisotopic (exact) mass is 892 g/mol. The minimum atomic E-state index is -3.38. The van der Waals surface area contributed by atoms with Gasteiger partial charge in [-0.1, -0.05) is 24.3 Å². The largest absolute Gasteiger partial charge is 0.508 e. The number of phenols is 1. The van der Waals surface area contributed by atoms with E-state index in [1.165, 1.54) is 43.4 Å². The standard InChI is InChI=1S/C25H31FO3.C15H21FO4S.C11H14O2/c1-28-21-11-12-25(26)23(14-21)18-7-5-17(6-8-18)16-29-22-4-2-3-20(13-22)24(15-27)19-9-10-19;1-19-13-7-8-15(16)14(9-13)12-5-3-11(4-6-12)10-20-21(2,17)18;12-7-11(8-4-5-8)9-2-1-3-10(13)6-9/h2-4,11-14,17-19,24,27H,5-10,15-16H2,1H3;7-9,11-12H,3-6,10H2,1-2H3;1-3,6,8,11-13H,4-5,7H2. The second-order valence-electron chi connectivity index (χ2n) is 17.9. The Labute approximate surface area is 372 Å². The molecule has 0 amide bonds. The first-order chi connectivity index (χ1) is 30.4. The van der Waals surface area contributed by atoms with Gasteiger partial charge in [0, 0.05) is 11.8 Å². The highest BCUT2D eigenvalue weighted by atomic mass is 32.2. The van der Waals surface area contributed by atoms with Crippen LogP contribution in [0.5, 0.6) is 23.0 Å². The zero-order valence-electron chi connectivity index (χ0n) is 37.0. The molecule has 12 heteroatoms. The summed E-state index contributed by atoms with van der Waals surface area (Å²) in [6.07, 6.45) is 13.3. The average Bonchev–Trinajstić information content (AvgIpc) is 4.24. The van der Waals surface area contributed by atoms with Gasteiger partial charge < -0.3 is 29.5 Å². The van der Waals surface area contributed by atoms with Crippen molar-refractivity contribution >= 4 is 10.1 Å². The molecule has 9 nitrogen and oxygen atoms in total. The maximum absolute atomic E-state index is 14.3. The maximum atomic E-state index is 14.3. The third-order valence-electron chi connectivity index (χ3n) is 13.3. The highest BCUT2D eigenvalue weighted by Gasteiger charge is 2.33. The van der Waals surface area contributed by atoms with Gasteiger partial charge in [0.25, 0.3) is 10.1 Å². The molecule has 4 aromatic rings. The van der Waals surface area contributed by atoms with E-state index in [2.05, 4.69) is 12.1 Å². The first-order valence-electron chi connectivity index (χ1n) is 22.6. The molecule has 63 heavy (non-hydrogen) atoms. The summed E-state index contributed by atoms with van der Waals surface area (Å²) in [6.45, 7) is 1.32. The lowest BCUT2D eigenvalue weighted by atomic mass is 9.79. The van der Waals surface area contributed by atoms with Gasteiger partial charge in [0.1, 0.15) is 34.6 Å². The Morgan fingerprint density at radius 3 is 1.48 bits per heavy atom. The van der Waals surface area contributed by atoms with Crippen LogP contribution in [-0.2, 0) is 14.3 Å². The molecule has 4 aliphatic carbocycles. The summed E-state index contributed by atoms with van der Waals surface area (Å²) in [5.41, 5.74) is 3.72. The summed E-state index contributed by atoms with van der Waals surface area (Å²) in [7, 11) is -0.197. The van der Waals surface area contributed by atoms with E-state index in [9.17, 15) is 32.5 Å². The molecule has 344 valence electrons. The van der Waals surface area contributed by atoms with Gasteiger partial charge in [-0.25, -0.2) is 8.78 Å². The molecular formula is C51H66F2O9S. The van der Waals surface area contributed by atoms with Crippen molar-refractivity contribution in [3.63, 3.8) is 0 Å². The van der Waals surface area contributed by atoms with Crippen LogP contribution >= 0.6 is 0 Å². The van der Waals surface area contributed by atoms with E-state index >= 15 is 0 Å². The Balaban J connectivity index is 0.000000170. The molecule has 0 bridgehead atoms. The van der Waals surface area contributed by atoms with Crippen LogP contribution in [0, 0.1) is 35.3 Å². The molecule has 4 saturated carbocycles. The number of hydrogen-bond acceptors (Lipinski definition) is 9. The molecule has 0 aliphatic heterocycles. The topological polar surface area (TPSA) is 132 Å². The molecule has 0 heterocycles. The van der Waals surface area contributed by atoms with E-state index < -0.39 is 10.1 Å². The van der Waals surface area contributed by atoms with Gasteiger partial charge in [0.15, 0.2) is 0 Å². The van der Waals surface area contributed by atoms with E-state index in [0.29, 0.717) is 35.7 Å². The Morgan fingerprint density at radius 2 is 1.05 bits per heavy atom. The Bertz CT molecular complexity index is 2140. The summed E-state index contributed by atoms with van der Waals surface area (Å²) in [6, 6.07) is 25.3. The van der Waals surface area contributed by atoms with Crippen molar-refractivity contribution in [1.29, 1.82) is 0 Å². The summed E-state index contributed by atoms with van der Waals surface area (Å²) >= 11 is 0. The second kappa shape index (κ2) is 23.1. The number of phenolic OH excluding ortho intramolecular Hbond substituents is 1. The average molecular weight is 893 g/mol. The fourth-order valence-corrected chi connectivity index (χ4v) is 9.72. The second-order valence-corrected chi connectivity index (χ2v) is 19.6. The van der Waals surface area contributed by atoms with Gasteiger partial charge in [-0.3, -0.25) is 4.18 Å². The third-order valence-corrected chi connectivity index (χ3v) is 13.9. The van der Waals surface area contributed by atoms with E-state index in [4.69, 9.17) is 18.4 Å². The van der Waals surface area contributed by atoms with E-state index in [1.807, 2.05) is 30.3 Å². The Kier molecular flexibility index (Phi) is 17.7. The van der Waals surface area contributed by atoms with Crippen molar-refractivity contribution in [3.05, 3.63) is 119 Å². The fourth-order valence-electron chi connectivity index (χ4n) is 9.28. The fraction of sp³-hybridized carbons (Fsp3) is 0.529. The molecule has 2 unspecified atom stereocenters.